The Balaban J connectivity index is 1.60. The Bertz CT molecular complexity index is 915. The fourth-order valence-electron chi connectivity index (χ4n) is 2.83. The standard InChI is InChI=1S/C23H26N2O2S/c1-4-5-6-18-9-11-19(12-10-18)25-23(26)22-17(3)24-21(28-22)15-27-20-13-7-16(2)8-14-20/h7-14H,4-6,15H2,1-3H3,(H,25,26). The fourth-order valence-corrected chi connectivity index (χ4v) is 3.70. The first-order valence-electron chi connectivity index (χ1n) is 9.61. The van der Waals surface area contributed by atoms with Crippen molar-refractivity contribution in [2.75, 3.05) is 5.32 Å². The zero-order chi connectivity index (χ0) is 19.9. The number of nitrogens with zero attached hydrogens (tertiary/aromatic N) is 1. The maximum atomic E-state index is 12.6. The summed E-state index contributed by atoms with van der Waals surface area (Å²) in [5.41, 5.74) is 4.01. The van der Waals surface area contributed by atoms with E-state index in [-0.39, 0.29) is 5.91 Å². The molecule has 3 aromatic rings. The summed E-state index contributed by atoms with van der Waals surface area (Å²) < 4.78 is 5.77. The van der Waals surface area contributed by atoms with Crippen molar-refractivity contribution in [3.63, 3.8) is 0 Å². The number of benzene rings is 2. The average molecular weight is 395 g/mol. The van der Waals surface area contributed by atoms with Crippen molar-refractivity contribution in [1.82, 2.24) is 4.98 Å². The predicted molar refractivity (Wildman–Crippen MR) is 115 cm³/mol. The Hall–Kier alpha value is -2.66. The van der Waals surface area contributed by atoms with Gasteiger partial charge in [0.05, 0.1) is 5.69 Å². The van der Waals surface area contributed by atoms with Gasteiger partial charge in [-0.15, -0.1) is 11.3 Å². The lowest BCUT2D eigenvalue weighted by Crippen LogP contribution is -2.11. The number of aryl methyl sites for hydroxylation is 3. The topological polar surface area (TPSA) is 51.2 Å². The third kappa shape index (κ3) is 5.42. The molecule has 0 spiro atoms. The van der Waals surface area contributed by atoms with Gasteiger partial charge in [-0.3, -0.25) is 4.79 Å². The lowest BCUT2D eigenvalue weighted by molar-refractivity contribution is 0.103. The molecule has 0 aliphatic rings. The number of nitrogens with one attached hydrogen (secondary N) is 1. The minimum Gasteiger partial charge on any atom is -0.486 e. The summed E-state index contributed by atoms with van der Waals surface area (Å²) in [5, 5.41) is 3.76. The molecule has 5 heteroatoms. The van der Waals surface area contributed by atoms with Crippen molar-refractivity contribution >= 4 is 22.9 Å². The highest BCUT2D eigenvalue weighted by Crippen LogP contribution is 2.22. The highest BCUT2D eigenvalue weighted by molar-refractivity contribution is 7.13. The van der Waals surface area contributed by atoms with E-state index in [4.69, 9.17) is 4.74 Å². The van der Waals surface area contributed by atoms with Gasteiger partial charge in [-0.1, -0.05) is 43.2 Å². The van der Waals surface area contributed by atoms with Crippen molar-refractivity contribution in [3.8, 4) is 5.75 Å². The molecule has 0 saturated heterocycles. The van der Waals surface area contributed by atoms with E-state index in [0.717, 1.165) is 28.6 Å². The number of hydrogen-bond acceptors (Lipinski definition) is 4. The largest absolute Gasteiger partial charge is 0.486 e. The number of aromatic nitrogens is 1. The van der Waals surface area contributed by atoms with Gasteiger partial charge < -0.3 is 10.1 Å². The summed E-state index contributed by atoms with van der Waals surface area (Å²) in [7, 11) is 0. The highest BCUT2D eigenvalue weighted by Gasteiger charge is 2.16. The molecule has 1 amide bonds. The van der Waals surface area contributed by atoms with E-state index in [1.807, 2.05) is 50.2 Å². The molecular weight excluding hydrogens is 368 g/mol. The molecule has 0 aliphatic carbocycles. The normalized spacial score (nSPS) is 10.7. The first kappa shape index (κ1) is 20.1. The van der Waals surface area contributed by atoms with Gasteiger partial charge in [-0.05, 0) is 56.5 Å². The van der Waals surface area contributed by atoms with E-state index in [0.29, 0.717) is 11.5 Å². The molecule has 28 heavy (non-hydrogen) atoms. The smallest absolute Gasteiger partial charge is 0.267 e. The van der Waals surface area contributed by atoms with Crippen LogP contribution in [-0.2, 0) is 13.0 Å². The summed E-state index contributed by atoms with van der Waals surface area (Å²) in [6.45, 7) is 6.44. The van der Waals surface area contributed by atoms with Gasteiger partial charge in [0.25, 0.3) is 5.91 Å². The first-order chi connectivity index (χ1) is 13.5. The molecular formula is C23H26N2O2S. The lowest BCUT2D eigenvalue weighted by atomic mass is 10.1. The molecule has 1 heterocycles. The molecule has 146 valence electrons. The molecule has 1 aromatic heterocycles. The van der Waals surface area contributed by atoms with Crippen LogP contribution in [0.3, 0.4) is 0 Å². The number of carbonyl (C=O) groups excluding carboxylic acids is 1. The van der Waals surface area contributed by atoms with Gasteiger partial charge in [0.2, 0.25) is 0 Å². The van der Waals surface area contributed by atoms with Crippen LogP contribution >= 0.6 is 11.3 Å². The van der Waals surface area contributed by atoms with E-state index in [9.17, 15) is 4.79 Å². The average Bonchev–Trinajstić information content (AvgIpc) is 3.08. The number of rotatable bonds is 8. The minimum absolute atomic E-state index is 0.127. The third-order valence-corrected chi connectivity index (χ3v) is 5.59. The Morgan fingerprint density at radius 2 is 1.79 bits per heavy atom. The maximum Gasteiger partial charge on any atom is 0.267 e. The van der Waals surface area contributed by atoms with Crippen LogP contribution in [0.25, 0.3) is 0 Å². The van der Waals surface area contributed by atoms with Crippen molar-refractivity contribution in [2.24, 2.45) is 0 Å². The van der Waals surface area contributed by atoms with Crippen molar-refractivity contribution in [1.29, 1.82) is 0 Å². The van der Waals surface area contributed by atoms with Crippen molar-refractivity contribution in [2.45, 2.75) is 46.6 Å². The molecule has 3 rings (SSSR count). The molecule has 0 fully saturated rings. The Labute approximate surface area is 170 Å². The summed E-state index contributed by atoms with van der Waals surface area (Å²) in [5.74, 6) is 0.672. The molecule has 1 N–H and O–H groups in total. The molecule has 0 aliphatic heterocycles. The monoisotopic (exact) mass is 394 g/mol. The number of thiazole rings is 1. The van der Waals surface area contributed by atoms with Gasteiger partial charge in [0, 0.05) is 5.69 Å². The second kappa shape index (κ2) is 9.51. The van der Waals surface area contributed by atoms with E-state index in [1.54, 1.807) is 0 Å². The third-order valence-electron chi connectivity index (χ3n) is 4.46. The second-order valence-corrected chi connectivity index (χ2v) is 7.96. The van der Waals surface area contributed by atoms with E-state index >= 15 is 0 Å². The second-order valence-electron chi connectivity index (χ2n) is 6.88. The van der Waals surface area contributed by atoms with Crippen LogP contribution in [0, 0.1) is 13.8 Å². The van der Waals surface area contributed by atoms with Gasteiger partial charge >= 0.3 is 0 Å². The van der Waals surface area contributed by atoms with E-state index in [2.05, 4.69) is 29.4 Å². The Morgan fingerprint density at radius 3 is 2.46 bits per heavy atom. The van der Waals surface area contributed by atoms with Crippen LogP contribution in [0.5, 0.6) is 5.75 Å². The van der Waals surface area contributed by atoms with Gasteiger partial charge in [0.15, 0.2) is 0 Å². The molecule has 0 atom stereocenters. The van der Waals surface area contributed by atoms with Crippen molar-refractivity contribution < 1.29 is 9.53 Å². The molecule has 0 bridgehead atoms. The van der Waals surface area contributed by atoms with E-state index in [1.165, 1.54) is 35.3 Å². The predicted octanol–water partition coefficient (Wildman–Crippen LogP) is 5.93. The lowest BCUT2D eigenvalue weighted by Gasteiger charge is -2.06. The molecule has 2 aromatic carbocycles. The Kier molecular flexibility index (Phi) is 6.82. The van der Waals surface area contributed by atoms with Gasteiger partial charge in [0.1, 0.15) is 22.2 Å². The molecule has 0 unspecified atom stereocenters. The van der Waals surface area contributed by atoms with Crippen LogP contribution < -0.4 is 10.1 Å². The molecule has 4 nitrogen and oxygen atoms in total. The summed E-state index contributed by atoms with van der Waals surface area (Å²) in [4.78, 5) is 17.7. The molecule has 0 radical (unpaired) electrons. The van der Waals surface area contributed by atoms with Crippen LogP contribution in [0.2, 0.25) is 0 Å². The zero-order valence-corrected chi connectivity index (χ0v) is 17.4. The number of ether oxygens (including phenoxy) is 1. The number of anilines is 1. The summed E-state index contributed by atoms with van der Waals surface area (Å²) in [6.07, 6.45) is 3.43. The number of hydrogen-bond donors (Lipinski definition) is 1. The first-order valence-corrected chi connectivity index (χ1v) is 10.4. The number of carbonyl (C=O) groups is 1. The maximum absolute atomic E-state index is 12.6. The zero-order valence-electron chi connectivity index (χ0n) is 16.6. The van der Waals surface area contributed by atoms with Crippen molar-refractivity contribution in [3.05, 3.63) is 75.2 Å². The van der Waals surface area contributed by atoms with E-state index < -0.39 is 0 Å². The van der Waals surface area contributed by atoms with Gasteiger partial charge in [-0.25, -0.2) is 4.98 Å². The van der Waals surface area contributed by atoms with Crippen LogP contribution in [0.1, 0.15) is 51.3 Å². The van der Waals surface area contributed by atoms with Crippen LogP contribution in [0.15, 0.2) is 48.5 Å². The minimum atomic E-state index is -0.127. The molecule has 0 saturated carbocycles. The van der Waals surface area contributed by atoms with Crippen LogP contribution in [-0.4, -0.2) is 10.9 Å². The van der Waals surface area contributed by atoms with Crippen LogP contribution in [0.4, 0.5) is 5.69 Å². The fraction of sp³-hybridized carbons (Fsp3) is 0.304. The van der Waals surface area contributed by atoms with Gasteiger partial charge in [-0.2, -0.15) is 0 Å². The number of unbranched alkanes of at least 4 members (excludes halogenated alkanes) is 1. The summed E-state index contributed by atoms with van der Waals surface area (Å²) in [6, 6.07) is 16.0. The highest BCUT2D eigenvalue weighted by atomic mass is 32.1. The quantitative estimate of drug-likeness (QED) is 0.515. The Morgan fingerprint density at radius 1 is 1.07 bits per heavy atom. The summed E-state index contributed by atoms with van der Waals surface area (Å²) >= 11 is 1.38. The SMILES string of the molecule is CCCCc1ccc(NC(=O)c2sc(COc3ccc(C)cc3)nc2C)cc1. The number of amides is 1.